The molecule has 188 valence electrons. The van der Waals surface area contributed by atoms with Crippen molar-refractivity contribution in [2.24, 2.45) is 23.3 Å². The van der Waals surface area contributed by atoms with Crippen LogP contribution in [0.1, 0.15) is 54.1 Å². The highest BCUT2D eigenvalue weighted by molar-refractivity contribution is 6.01. The molecule has 2 aromatic carbocycles. The summed E-state index contributed by atoms with van der Waals surface area (Å²) in [5.41, 5.74) is 14.0. The van der Waals surface area contributed by atoms with Crippen molar-refractivity contribution in [2.45, 2.75) is 44.1 Å². The van der Waals surface area contributed by atoms with E-state index in [0.29, 0.717) is 30.4 Å². The molecule has 1 aromatic heterocycles. The van der Waals surface area contributed by atoms with E-state index in [2.05, 4.69) is 10.3 Å². The summed E-state index contributed by atoms with van der Waals surface area (Å²) < 4.78 is 0. The predicted molar refractivity (Wildman–Crippen MR) is 139 cm³/mol. The number of H-pyrrole nitrogens is 1. The van der Waals surface area contributed by atoms with Crippen LogP contribution in [0.2, 0.25) is 0 Å². The van der Waals surface area contributed by atoms with Gasteiger partial charge in [0.25, 0.3) is 5.91 Å². The normalized spacial score (nSPS) is 24.1. The summed E-state index contributed by atoms with van der Waals surface area (Å²) >= 11 is 0. The summed E-state index contributed by atoms with van der Waals surface area (Å²) in [4.78, 5) is 43.7. The van der Waals surface area contributed by atoms with Gasteiger partial charge in [-0.3, -0.25) is 14.4 Å². The summed E-state index contributed by atoms with van der Waals surface area (Å²) in [6.45, 7) is 1.23. The molecule has 0 spiro atoms. The van der Waals surface area contributed by atoms with Gasteiger partial charge < -0.3 is 26.7 Å². The average Bonchev–Trinajstić information content (AvgIpc) is 3.54. The van der Waals surface area contributed by atoms with Gasteiger partial charge in [0.1, 0.15) is 11.7 Å². The van der Waals surface area contributed by atoms with Crippen molar-refractivity contribution < 1.29 is 14.4 Å². The fourth-order valence-corrected chi connectivity index (χ4v) is 5.85. The first-order chi connectivity index (χ1) is 17.4. The molecule has 8 nitrogen and oxygen atoms in total. The number of primary amides is 1. The minimum atomic E-state index is -0.588. The van der Waals surface area contributed by atoms with E-state index in [0.717, 1.165) is 48.6 Å². The third kappa shape index (κ3) is 4.73. The zero-order valence-corrected chi connectivity index (χ0v) is 20.3. The highest BCUT2D eigenvalue weighted by atomic mass is 16.2. The van der Waals surface area contributed by atoms with Crippen LogP contribution in [0.15, 0.2) is 54.6 Å². The van der Waals surface area contributed by atoms with Crippen LogP contribution in [0.3, 0.4) is 0 Å². The SMILES string of the molecule is NC[C@H]1CC[C@H](C(=O)N2CC[C@@H](c3ccccc3)[C@H]2C(=O)Nc2ccc3[nH]c(C(N)=O)cc3c2)CC1. The van der Waals surface area contributed by atoms with Gasteiger partial charge in [-0.15, -0.1) is 0 Å². The number of anilines is 1. The molecule has 0 radical (unpaired) electrons. The van der Waals surface area contributed by atoms with Gasteiger partial charge in [-0.05, 0) is 74.4 Å². The Bertz CT molecular complexity index is 1260. The number of amides is 3. The number of nitrogens with two attached hydrogens (primary N) is 2. The molecule has 6 N–H and O–H groups in total. The Morgan fingerprint density at radius 3 is 2.42 bits per heavy atom. The molecule has 0 bridgehead atoms. The average molecular weight is 488 g/mol. The summed E-state index contributed by atoms with van der Waals surface area (Å²) in [5, 5.41) is 3.81. The van der Waals surface area contributed by atoms with E-state index in [1.165, 1.54) is 0 Å². The number of rotatable bonds is 6. The lowest BCUT2D eigenvalue weighted by atomic mass is 9.81. The highest BCUT2D eigenvalue weighted by Gasteiger charge is 2.44. The van der Waals surface area contributed by atoms with E-state index >= 15 is 0 Å². The molecule has 1 aliphatic heterocycles. The monoisotopic (exact) mass is 487 g/mol. The minimum Gasteiger partial charge on any atom is -0.364 e. The van der Waals surface area contributed by atoms with Gasteiger partial charge in [0.15, 0.2) is 0 Å². The number of hydrogen-bond acceptors (Lipinski definition) is 4. The Labute approximate surface area is 210 Å². The molecule has 0 unspecified atom stereocenters. The zero-order chi connectivity index (χ0) is 25.2. The van der Waals surface area contributed by atoms with Gasteiger partial charge in [-0.25, -0.2) is 0 Å². The molecular weight excluding hydrogens is 454 g/mol. The van der Waals surface area contributed by atoms with Crippen LogP contribution in [0, 0.1) is 11.8 Å². The number of carbonyl (C=O) groups excluding carboxylic acids is 3. The van der Waals surface area contributed by atoms with Crippen LogP contribution < -0.4 is 16.8 Å². The standard InChI is InChI=1S/C28H33N5O3/c29-16-17-6-8-19(9-7-17)28(36)33-13-12-22(18-4-2-1-3-5-18)25(33)27(35)31-21-10-11-23-20(14-21)15-24(32-23)26(30)34/h1-5,10-11,14-15,17,19,22,25,32H,6-9,12-13,16,29H2,(H2,30,34)(H,31,35)/t17-,19-,22-,25-/m0/s1. The van der Waals surface area contributed by atoms with Gasteiger partial charge in [0.2, 0.25) is 11.8 Å². The lowest BCUT2D eigenvalue weighted by molar-refractivity contribution is -0.141. The Hall–Kier alpha value is -3.65. The molecule has 2 atom stereocenters. The van der Waals surface area contributed by atoms with Crippen molar-refractivity contribution >= 4 is 34.3 Å². The van der Waals surface area contributed by atoms with E-state index in [1.54, 1.807) is 23.1 Å². The Balaban J connectivity index is 1.39. The van der Waals surface area contributed by atoms with Crippen LogP contribution in [-0.4, -0.2) is 46.7 Å². The minimum absolute atomic E-state index is 0.0546. The van der Waals surface area contributed by atoms with Crippen LogP contribution in [0.4, 0.5) is 5.69 Å². The van der Waals surface area contributed by atoms with Crippen molar-refractivity contribution in [2.75, 3.05) is 18.4 Å². The number of benzene rings is 2. The number of carbonyl (C=O) groups is 3. The molecular formula is C28H33N5O3. The zero-order valence-electron chi connectivity index (χ0n) is 20.3. The van der Waals surface area contributed by atoms with Gasteiger partial charge in [0, 0.05) is 35.0 Å². The lowest BCUT2D eigenvalue weighted by Gasteiger charge is -2.33. The molecule has 3 aromatic rings. The molecule has 2 heterocycles. The van der Waals surface area contributed by atoms with E-state index in [-0.39, 0.29) is 23.7 Å². The first kappa shape index (κ1) is 24.1. The molecule has 8 heteroatoms. The second-order valence-electron chi connectivity index (χ2n) is 10.1. The third-order valence-corrected chi connectivity index (χ3v) is 7.86. The molecule has 36 heavy (non-hydrogen) atoms. The van der Waals surface area contributed by atoms with Crippen LogP contribution in [0.25, 0.3) is 10.9 Å². The lowest BCUT2D eigenvalue weighted by Crippen LogP contribution is -2.48. The van der Waals surface area contributed by atoms with Crippen LogP contribution >= 0.6 is 0 Å². The summed E-state index contributed by atoms with van der Waals surface area (Å²) in [6, 6.07) is 16.4. The van der Waals surface area contributed by atoms with Crippen LogP contribution in [0.5, 0.6) is 0 Å². The van der Waals surface area contributed by atoms with Gasteiger partial charge in [-0.2, -0.15) is 0 Å². The van der Waals surface area contributed by atoms with Gasteiger partial charge >= 0.3 is 0 Å². The predicted octanol–water partition coefficient (Wildman–Crippen LogP) is 3.36. The molecule has 1 saturated carbocycles. The maximum absolute atomic E-state index is 13.7. The van der Waals surface area contributed by atoms with Gasteiger partial charge in [-0.1, -0.05) is 30.3 Å². The van der Waals surface area contributed by atoms with Crippen molar-refractivity contribution in [1.29, 1.82) is 0 Å². The maximum atomic E-state index is 13.7. The van der Waals surface area contributed by atoms with Crippen LogP contribution in [-0.2, 0) is 9.59 Å². The second-order valence-corrected chi connectivity index (χ2v) is 10.1. The molecule has 2 fully saturated rings. The smallest absolute Gasteiger partial charge is 0.265 e. The third-order valence-electron chi connectivity index (χ3n) is 7.86. The van der Waals surface area contributed by atoms with Gasteiger partial charge in [0.05, 0.1) is 0 Å². The molecule has 1 saturated heterocycles. The van der Waals surface area contributed by atoms with Crippen molar-refractivity contribution in [3.05, 3.63) is 65.9 Å². The number of aromatic nitrogens is 1. The Morgan fingerprint density at radius 1 is 0.972 bits per heavy atom. The summed E-state index contributed by atoms with van der Waals surface area (Å²) in [7, 11) is 0. The Kier molecular flexibility index (Phi) is 6.78. The largest absolute Gasteiger partial charge is 0.364 e. The number of hydrogen-bond donors (Lipinski definition) is 4. The first-order valence-corrected chi connectivity index (χ1v) is 12.7. The van der Waals surface area contributed by atoms with E-state index in [1.807, 2.05) is 36.4 Å². The molecule has 3 amide bonds. The Morgan fingerprint density at radius 2 is 1.72 bits per heavy atom. The molecule has 1 aliphatic carbocycles. The topological polar surface area (TPSA) is 134 Å². The quantitative estimate of drug-likeness (QED) is 0.424. The fourth-order valence-electron chi connectivity index (χ4n) is 5.85. The molecule has 5 rings (SSSR count). The number of fused-ring (bicyclic) bond motifs is 1. The number of aromatic amines is 1. The van der Waals surface area contributed by atoms with Crippen molar-refractivity contribution in [1.82, 2.24) is 9.88 Å². The van der Waals surface area contributed by atoms with E-state index in [9.17, 15) is 14.4 Å². The number of likely N-dealkylation sites (tertiary alicyclic amines) is 1. The summed E-state index contributed by atoms with van der Waals surface area (Å²) in [5.74, 6) is -0.300. The summed E-state index contributed by atoms with van der Waals surface area (Å²) in [6.07, 6.45) is 4.32. The van der Waals surface area contributed by atoms with E-state index in [4.69, 9.17) is 11.5 Å². The number of nitrogens with one attached hydrogen (secondary N) is 2. The number of nitrogens with zero attached hydrogens (tertiary/aromatic N) is 1. The fraction of sp³-hybridized carbons (Fsp3) is 0.393. The first-order valence-electron chi connectivity index (χ1n) is 12.7. The molecule has 2 aliphatic rings. The second kappa shape index (κ2) is 10.1. The van der Waals surface area contributed by atoms with E-state index < -0.39 is 11.9 Å². The highest BCUT2D eigenvalue weighted by Crippen LogP contribution is 2.38. The van der Waals surface area contributed by atoms with Crippen molar-refractivity contribution in [3.8, 4) is 0 Å². The van der Waals surface area contributed by atoms with Crippen molar-refractivity contribution in [3.63, 3.8) is 0 Å². The maximum Gasteiger partial charge on any atom is 0.265 e.